The van der Waals surface area contributed by atoms with Crippen LogP contribution in [0.25, 0.3) is 0 Å². The van der Waals surface area contributed by atoms with Crippen LogP contribution in [0, 0.1) is 5.92 Å². The summed E-state index contributed by atoms with van der Waals surface area (Å²) in [6.07, 6.45) is -0.562. The summed E-state index contributed by atoms with van der Waals surface area (Å²) in [7, 11) is 1.26. The molecule has 0 aromatic heterocycles. The molecule has 1 aromatic carbocycles. The molecule has 0 heterocycles. The number of rotatable bonds is 14. The van der Waals surface area contributed by atoms with E-state index in [1.54, 1.807) is 19.9 Å². The Balaban J connectivity index is 2.98. The fourth-order valence-electron chi connectivity index (χ4n) is 2.62. The molecule has 1 N–H and O–H groups in total. The van der Waals surface area contributed by atoms with Gasteiger partial charge >= 0.3 is 24.2 Å². The number of benzene rings is 1. The minimum atomic E-state index is -0.967. The zero-order valence-electron chi connectivity index (χ0n) is 20.9. The van der Waals surface area contributed by atoms with Gasteiger partial charge in [-0.1, -0.05) is 33.8 Å². The normalized spacial score (nSPS) is 11.4. The van der Waals surface area contributed by atoms with Crippen LogP contribution in [-0.2, 0) is 35.0 Å². The first kappa shape index (κ1) is 29.7. The minimum Gasteiger partial charge on any atom is -0.468 e. The van der Waals surface area contributed by atoms with Gasteiger partial charge in [0.25, 0.3) is 0 Å². The van der Waals surface area contributed by atoms with Crippen LogP contribution in [0.4, 0.5) is 9.59 Å². The van der Waals surface area contributed by atoms with Crippen LogP contribution in [0.1, 0.15) is 46.1 Å². The maximum Gasteiger partial charge on any atom is 0.513 e. The predicted molar refractivity (Wildman–Crippen MR) is 124 cm³/mol. The largest absolute Gasteiger partial charge is 0.513 e. The van der Waals surface area contributed by atoms with Crippen LogP contribution in [0.2, 0.25) is 0 Å². The van der Waals surface area contributed by atoms with Gasteiger partial charge in [0, 0.05) is 6.54 Å². The molecule has 35 heavy (non-hydrogen) atoms. The van der Waals surface area contributed by atoms with Gasteiger partial charge in [0.2, 0.25) is 0 Å². The molecule has 1 rings (SSSR count). The first-order valence-corrected chi connectivity index (χ1v) is 11.5. The van der Waals surface area contributed by atoms with Gasteiger partial charge < -0.3 is 33.7 Å². The van der Waals surface area contributed by atoms with E-state index in [2.05, 4.69) is 5.32 Å². The molecule has 0 saturated carbocycles. The predicted octanol–water partition coefficient (Wildman–Crippen LogP) is 3.41. The van der Waals surface area contributed by atoms with Gasteiger partial charge in [-0.2, -0.15) is 0 Å². The Hall–Kier alpha value is -3.34. The molecule has 0 unspecified atom stereocenters. The SMILES string of the molecule is CCCOC(=O)Oc1ccc(C[C@H](NCCOC(=O)C(C)C)C(=O)OC)cc1OC(=O)OCCC. The van der Waals surface area contributed by atoms with Crippen molar-refractivity contribution in [1.82, 2.24) is 5.32 Å². The van der Waals surface area contributed by atoms with Crippen LogP contribution < -0.4 is 14.8 Å². The summed E-state index contributed by atoms with van der Waals surface area (Å²) in [5, 5.41) is 2.98. The Morgan fingerprint density at radius 2 is 1.43 bits per heavy atom. The number of ether oxygens (including phenoxy) is 6. The van der Waals surface area contributed by atoms with E-state index in [9.17, 15) is 19.2 Å². The molecule has 0 aliphatic heterocycles. The standard InChI is InChI=1S/C24H35NO10/c1-6-11-32-23(28)34-19-9-8-17(15-20(19)35-24(29)33-12-7-2)14-18(22(27)30-5)25-10-13-31-21(26)16(3)4/h8-9,15-16,18,25H,6-7,10-14H2,1-5H3/t18-/m0/s1. The van der Waals surface area contributed by atoms with Crippen LogP contribution >= 0.6 is 0 Å². The van der Waals surface area contributed by atoms with Crippen molar-refractivity contribution >= 4 is 24.2 Å². The van der Waals surface area contributed by atoms with Crippen molar-refractivity contribution in [2.75, 3.05) is 33.5 Å². The van der Waals surface area contributed by atoms with E-state index in [0.717, 1.165) is 0 Å². The summed E-state index contributed by atoms with van der Waals surface area (Å²) in [5.74, 6) is -1.26. The second-order valence-corrected chi connectivity index (χ2v) is 7.74. The van der Waals surface area contributed by atoms with Crippen LogP contribution in [-0.4, -0.2) is 63.8 Å². The molecule has 196 valence electrons. The quantitative estimate of drug-likeness (QED) is 0.175. The van der Waals surface area contributed by atoms with Crippen LogP contribution in [0.3, 0.4) is 0 Å². The van der Waals surface area contributed by atoms with Gasteiger partial charge in [0.1, 0.15) is 12.6 Å². The average Bonchev–Trinajstić information content (AvgIpc) is 2.83. The van der Waals surface area contributed by atoms with Crippen molar-refractivity contribution in [3.05, 3.63) is 23.8 Å². The van der Waals surface area contributed by atoms with Gasteiger partial charge in [0.15, 0.2) is 11.5 Å². The van der Waals surface area contributed by atoms with Crippen LogP contribution in [0.5, 0.6) is 11.5 Å². The fraction of sp³-hybridized carbons (Fsp3) is 0.583. The topological polar surface area (TPSA) is 136 Å². The lowest BCUT2D eigenvalue weighted by Gasteiger charge is -2.18. The van der Waals surface area contributed by atoms with Crippen molar-refractivity contribution in [2.45, 2.75) is 53.0 Å². The highest BCUT2D eigenvalue weighted by molar-refractivity contribution is 5.76. The molecule has 11 heteroatoms. The molecule has 0 fully saturated rings. The molecule has 0 aliphatic carbocycles. The van der Waals surface area contributed by atoms with E-state index < -0.39 is 24.3 Å². The van der Waals surface area contributed by atoms with Crippen molar-refractivity contribution < 1.29 is 47.6 Å². The average molecular weight is 498 g/mol. The Bertz CT molecular complexity index is 840. The van der Waals surface area contributed by atoms with E-state index >= 15 is 0 Å². The van der Waals surface area contributed by atoms with Gasteiger partial charge in [-0.05, 0) is 37.0 Å². The van der Waals surface area contributed by atoms with Crippen molar-refractivity contribution in [3.8, 4) is 11.5 Å². The van der Waals surface area contributed by atoms with E-state index in [0.29, 0.717) is 18.4 Å². The Kier molecular flexibility index (Phi) is 13.8. The first-order valence-electron chi connectivity index (χ1n) is 11.5. The molecule has 0 amide bonds. The van der Waals surface area contributed by atoms with Gasteiger partial charge in [-0.3, -0.25) is 9.59 Å². The molecule has 0 saturated heterocycles. The third kappa shape index (κ3) is 11.6. The second kappa shape index (κ2) is 16.3. The molecule has 11 nitrogen and oxygen atoms in total. The number of hydrogen-bond acceptors (Lipinski definition) is 11. The first-order chi connectivity index (χ1) is 16.7. The molecular formula is C24H35NO10. The van der Waals surface area contributed by atoms with Crippen molar-refractivity contribution in [2.24, 2.45) is 5.92 Å². The maximum atomic E-state index is 12.3. The zero-order valence-corrected chi connectivity index (χ0v) is 20.9. The molecule has 1 aromatic rings. The van der Waals surface area contributed by atoms with E-state index in [4.69, 9.17) is 28.4 Å². The molecule has 0 radical (unpaired) electrons. The minimum absolute atomic E-state index is 0.0496. The second-order valence-electron chi connectivity index (χ2n) is 7.74. The van der Waals surface area contributed by atoms with Crippen molar-refractivity contribution in [3.63, 3.8) is 0 Å². The fourth-order valence-corrected chi connectivity index (χ4v) is 2.62. The lowest BCUT2D eigenvalue weighted by Crippen LogP contribution is -2.41. The number of methoxy groups -OCH3 is 1. The number of carbonyl (C=O) groups is 4. The summed E-state index contributed by atoms with van der Waals surface area (Å²) in [6, 6.07) is 3.69. The summed E-state index contributed by atoms with van der Waals surface area (Å²) in [5.41, 5.74) is 0.569. The molecule has 1 atom stereocenters. The third-order valence-electron chi connectivity index (χ3n) is 4.38. The van der Waals surface area contributed by atoms with E-state index in [1.165, 1.54) is 19.2 Å². The molecule has 0 aliphatic rings. The molecule has 0 bridgehead atoms. The third-order valence-corrected chi connectivity index (χ3v) is 4.38. The Labute approximate surface area is 205 Å². The summed E-state index contributed by atoms with van der Waals surface area (Å²) in [6.45, 7) is 7.73. The highest BCUT2D eigenvalue weighted by Gasteiger charge is 2.22. The van der Waals surface area contributed by atoms with Gasteiger partial charge in [-0.25, -0.2) is 9.59 Å². The highest BCUT2D eigenvalue weighted by atomic mass is 16.7. The van der Waals surface area contributed by atoms with Crippen LogP contribution in [0.15, 0.2) is 18.2 Å². The van der Waals surface area contributed by atoms with Gasteiger partial charge in [0.05, 0.1) is 26.2 Å². The highest BCUT2D eigenvalue weighted by Crippen LogP contribution is 2.30. The number of esters is 2. The summed E-state index contributed by atoms with van der Waals surface area (Å²) in [4.78, 5) is 47.7. The lowest BCUT2D eigenvalue weighted by molar-refractivity contribution is -0.147. The lowest BCUT2D eigenvalue weighted by atomic mass is 10.1. The molecule has 0 spiro atoms. The monoisotopic (exact) mass is 497 g/mol. The zero-order chi connectivity index (χ0) is 26.2. The number of carbonyl (C=O) groups excluding carboxylic acids is 4. The Morgan fingerprint density at radius 1 is 0.829 bits per heavy atom. The van der Waals surface area contributed by atoms with Gasteiger partial charge in [-0.15, -0.1) is 0 Å². The molecular weight excluding hydrogens is 462 g/mol. The van der Waals surface area contributed by atoms with E-state index in [1.807, 2.05) is 13.8 Å². The summed E-state index contributed by atoms with van der Waals surface area (Å²) >= 11 is 0. The van der Waals surface area contributed by atoms with E-state index in [-0.39, 0.29) is 56.2 Å². The maximum absolute atomic E-state index is 12.3. The number of hydrogen-bond donors (Lipinski definition) is 1. The smallest absolute Gasteiger partial charge is 0.468 e. The Morgan fingerprint density at radius 3 is 1.97 bits per heavy atom. The van der Waals surface area contributed by atoms with Crippen molar-refractivity contribution in [1.29, 1.82) is 0 Å². The number of nitrogens with one attached hydrogen (secondary N) is 1. The summed E-state index contributed by atoms with van der Waals surface area (Å²) < 4.78 is 30.2.